The monoisotopic (exact) mass is 868 g/mol. The molecule has 3 aliphatic heterocycles. The molecule has 3 fully saturated rings. The number of alkyl halides is 3. The quantitative estimate of drug-likeness (QED) is 0.143. The van der Waals surface area contributed by atoms with E-state index in [1.165, 1.54) is 6.07 Å². The van der Waals surface area contributed by atoms with Gasteiger partial charge in [-0.05, 0) is 113 Å². The van der Waals surface area contributed by atoms with Crippen LogP contribution in [-0.2, 0) is 31.8 Å². The Morgan fingerprint density at radius 2 is 1.70 bits per heavy atom. The van der Waals surface area contributed by atoms with Crippen LogP contribution in [0.1, 0.15) is 64.2 Å². The van der Waals surface area contributed by atoms with Gasteiger partial charge in [0, 0.05) is 55.2 Å². The normalized spacial score (nSPS) is 20.9. The number of imide groups is 1. The van der Waals surface area contributed by atoms with Crippen LogP contribution in [0.4, 0.5) is 35.9 Å². The van der Waals surface area contributed by atoms with Crippen molar-refractivity contribution in [3.63, 3.8) is 0 Å². The van der Waals surface area contributed by atoms with Crippen molar-refractivity contribution in [1.82, 2.24) is 15.1 Å². The van der Waals surface area contributed by atoms with Crippen molar-refractivity contribution in [3.05, 3.63) is 77.4 Å². The Labute approximate surface area is 358 Å². The number of carbonyl (C=O) groups is 4. The van der Waals surface area contributed by atoms with Gasteiger partial charge in [-0.25, -0.2) is 0 Å². The number of nitrogens with zero attached hydrogens (tertiary/aromatic N) is 5. The zero-order valence-corrected chi connectivity index (χ0v) is 35.5. The van der Waals surface area contributed by atoms with Gasteiger partial charge >= 0.3 is 6.18 Å². The molecular formula is C42H48ClF3N8O5S. The van der Waals surface area contributed by atoms with E-state index < -0.39 is 34.8 Å². The molecule has 13 nitrogen and oxygen atoms in total. The highest BCUT2D eigenvalue weighted by Gasteiger charge is 2.51. The molecule has 0 aliphatic carbocycles. The molecular weight excluding hydrogens is 821 g/mol. The standard InChI is InChI=1S/C42H47F3N8O5S.ClH/c1-6-27-18-32(53-40(59)52(39(57)41(53,4)5)31-11-10-28(21-46)33(20-31)42(43,44)45)12-14-35(27)58-17-16-50-22-25(2)51(26(3)23-50)24-37(55)48-30-9-7-8-29(19-30)47-34-13-15-36(54)49-38(34)56;/h7-12,14,18-20,25-26,34,47H,6,13,15-17,22-24H2,1-5H3,(H,48,55)(H,49,54,56);1H/t25-,26+,34?;. The first kappa shape index (κ1) is 45.8. The Kier molecular flexibility index (Phi) is 14.2. The van der Waals surface area contributed by atoms with Gasteiger partial charge in [0.05, 0.1) is 29.4 Å². The maximum absolute atomic E-state index is 13.8. The number of amides is 4. The fraction of sp³-hybridized carbons (Fsp3) is 0.429. The number of hydrogen-bond donors (Lipinski definition) is 3. The van der Waals surface area contributed by atoms with Gasteiger partial charge in [-0.2, -0.15) is 18.4 Å². The fourth-order valence-electron chi connectivity index (χ4n) is 7.91. The smallest absolute Gasteiger partial charge is 0.417 e. The van der Waals surface area contributed by atoms with Crippen LogP contribution in [0.5, 0.6) is 5.75 Å². The van der Waals surface area contributed by atoms with Crippen LogP contribution in [0.2, 0.25) is 0 Å². The van der Waals surface area contributed by atoms with Crippen LogP contribution in [0.15, 0.2) is 60.7 Å². The van der Waals surface area contributed by atoms with E-state index in [0.717, 1.165) is 35.7 Å². The lowest BCUT2D eigenvalue weighted by molar-refractivity contribution is -0.138. The summed E-state index contributed by atoms with van der Waals surface area (Å²) in [6.45, 7) is 12.1. The van der Waals surface area contributed by atoms with Gasteiger partial charge in [0.25, 0.3) is 5.91 Å². The summed E-state index contributed by atoms with van der Waals surface area (Å²) in [5, 5.41) is 17.7. The molecule has 3 aliphatic rings. The van der Waals surface area contributed by atoms with Crippen molar-refractivity contribution in [3.8, 4) is 11.8 Å². The zero-order chi connectivity index (χ0) is 42.8. The minimum atomic E-state index is -4.80. The number of hydrogen-bond acceptors (Lipinski definition) is 10. The zero-order valence-electron chi connectivity index (χ0n) is 33.9. The van der Waals surface area contributed by atoms with Crippen molar-refractivity contribution >= 4 is 76.1 Å². The number of rotatable bonds is 12. The lowest BCUT2D eigenvalue weighted by Crippen LogP contribution is -2.58. The Bertz CT molecular complexity index is 2190. The van der Waals surface area contributed by atoms with Crippen molar-refractivity contribution in [2.45, 2.75) is 83.7 Å². The van der Waals surface area contributed by atoms with Crippen LogP contribution in [0.3, 0.4) is 0 Å². The number of nitrogens with one attached hydrogen (secondary N) is 3. The number of ether oxygens (including phenoxy) is 1. The molecule has 3 aromatic rings. The van der Waals surface area contributed by atoms with Crippen LogP contribution in [0, 0.1) is 11.3 Å². The second-order valence-corrected chi connectivity index (χ2v) is 15.9. The third kappa shape index (κ3) is 9.84. The SMILES string of the molecule is CCc1cc(N2C(=S)N(c3ccc(C#N)c(C(F)(F)F)c3)C(=O)C2(C)C)ccc1OCCN1C[C@@H](C)N(CC(=O)Nc2cccc(NC3CCC(=O)NC3=O)c2)[C@@H](C)C1.Cl. The third-order valence-electron chi connectivity index (χ3n) is 10.9. The summed E-state index contributed by atoms with van der Waals surface area (Å²) in [6, 6.07) is 16.9. The average Bonchev–Trinajstić information content (AvgIpc) is 3.35. The van der Waals surface area contributed by atoms with Crippen LogP contribution in [0.25, 0.3) is 0 Å². The maximum Gasteiger partial charge on any atom is 0.417 e. The minimum absolute atomic E-state index is 0. The van der Waals surface area contributed by atoms with Gasteiger partial charge in [-0.3, -0.25) is 39.2 Å². The molecule has 3 atom stereocenters. The molecule has 0 aromatic heterocycles. The van der Waals surface area contributed by atoms with Crippen molar-refractivity contribution < 1.29 is 37.1 Å². The third-order valence-corrected chi connectivity index (χ3v) is 11.3. The van der Waals surface area contributed by atoms with Gasteiger partial charge in [0.15, 0.2) is 5.11 Å². The second-order valence-electron chi connectivity index (χ2n) is 15.6. The lowest BCUT2D eigenvalue weighted by atomic mass is 10.0. The number of thiocarbonyl (C=S) groups is 1. The number of piperidine rings is 1. The fourth-order valence-corrected chi connectivity index (χ4v) is 8.43. The lowest BCUT2D eigenvalue weighted by Gasteiger charge is -2.44. The van der Waals surface area contributed by atoms with Crippen molar-refractivity contribution in [1.29, 1.82) is 5.26 Å². The summed E-state index contributed by atoms with van der Waals surface area (Å²) in [6.07, 6.45) is -3.54. The largest absolute Gasteiger partial charge is 0.492 e. The van der Waals surface area contributed by atoms with E-state index in [2.05, 4.69) is 39.6 Å². The maximum atomic E-state index is 13.8. The van der Waals surface area contributed by atoms with E-state index in [1.807, 2.05) is 19.1 Å². The second kappa shape index (κ2) is 18.5. The van der Waals surface area contributed by atoms with Gasteiger partial charge in [-0.15, -0.1) is 12.4 Å². The summed E-state index contributed by atoms with van der Waals surface area (Å²) in [5.41, 5.74) is -0.290. The molecule has 3 aromatic carbocycles. The van der Waals surface area contributed by atoms with Gasteiger partial charge in [0.2, 0.25) is 17.7 Å². The molecule has 0 radical (unpaired) electrons. The van der Waals surface area contributed by atoms with E-state index in [-0.39, 0.29) is 66.0 Å². The molecule has 0 saturated carbocycles. The molecule has 3 heterocycles. The highest BCUT2D eigenvalue weighted by molar-refractivity contribution is 7.81. The van der Waals surface area contributed by atoms with Crippen molar-refractivity contribution in [2.75, 3.05) is 53.2 Å². The number of piperazine rings is 1. The number of carbonyl (C=O) groups excluding carboxylic acids is 4. The van der Waals surface area contributed by atoms with Crippen molar-refractivity contribution in [2.24, 2.45) is 0 Å². The molecule has 320 valence electrons. The summed E-state index contributed by atoms with van der Waals surface area (Å²) in [7, 11) is 0. The molecule has 1 unspecified atom stereocenters. The number of benzene rings is 3. The van der Waals surface area contributed by atoms with Gasteiger partial charge < -0.3 is 20.3 Å². The Balaban J connectivity index is 0.00000683. The predicted molar refractivity (Wildman–Crippen MR) is 228 cm³/mol. The Hall–Kier alpha value is -5.28. The van der Waals surface area contributed by atoms with Gasteiger partial charge in [-0.1, -0.05) is 13.0 Å². The van der Waals surface area contributed by atoms with E-state index >= 15 is 0 Å². The summed E-state index contributed by atoms with van der Waals surface area (Å²) in [5.74, 6) is -0.654. The van der Waals surface area contributed by atoms with E-state index in [4.69, 9.17) is 17.0 Å². The topological polar surface area (TPSA) is 150 Å². The first-order valence-electron chi connectivity index (χ1n) is 19.4. The molecule has 60 heavy (non-hydrogen) atoms. The highest BCUT2D eigenvalue weighted by atomic mass is 35.5. The minimum Gasteiger partial charge on any atom is -0.492 e. The molecule has 3 N–H and O–H groups in total. The Morgan fingerprint density at radius 3 is 2.35 bits per heavy atom. The number of halogens is 4. The van der Waals surface area contributed by atoms with Crippen LogP contribution >= 0.6 is 24.6 Å². The highest BCUT2D eigenvalue weighted by Crippen LogP contribution is 2.40. The average molecular weight is 869 g/mol. The Morgan fingerprint density at radius 1 is 1.02 bits per heavy atom. The van der Waals surface area contributed by atoms with E-state index in [9.17, 15) is 37.6 Å². The molecule has 3 saturated heterocycles. The summed E-state index contributed by atoms with van der Waals surface area (Å²) in [4.78, 5) is 57.7. The summed E-state index contributed by atoms with van der Waals surface area (Å²) >= 11 is 5.72. The first-order chi connectivity index (χ1) is 27.9. The molecule has 0 spiro atoms. The van der Waals surface area contributed by atoms with Crippen LogP contribution in [-0.4, -0.2) is 95.0 Å². The number of aryl methyl sites for hydroxylation is 1. The van der Waals surface area contributed by atoms with Gasteiger partial charge in [0.1, 0.15) is 23.9 Å². The van der Waals surface area contributed by atoms with E-state index in [0.29, 0.717) is 48.8 Å². The predicted octanol–water partition coefficient (Wildman–Crippen LogP) is 6.11. The number of nitriles is 1. The molecule has 6 rings (SSSR count). The summed E-state index contributed by atoms with van der Waals surface area (Å²) < 4.78 is 47.6. The van der Waals surface area contributed by atoms with Crippen LogP contribution < -0.4 is 30.5 Å². The molecule has 18 heteroatoms. The molecule has 4 amide bonds. The first-order valence-corrected chi connectivity index (χ1v) is 19.9. The number of anilines is 4. The van der Waals surface area contributed by atoms with E-state index in [1.54, 1.807) is 55.1 Å². The molecule has 0 bridgehead atoms.